The molecule has 7 heteroatoms. The zero-order chi connectivity index (χ0) is 18.0. The number of aryl methyl sites for hydroxylation is 1. The number of piperazine rings is 1. The fourth-order valence-corrected chi connectivity index (χ4v) is 3.17. The van der Waals surface area contributed by atoms with E-state index in [1.807, 2.05) is 19.9 Å². The molecule has 1 aliphatic heterocycles. The Bertz CT molecular complexity index is 630. The molecular weight excluding hydrogens is 322 g/mol. The van der Waals surface area contributed by atoms with E-state index in [0.717, 1.165) is 50.3 Å². The van der Waals surface area contributed by atoms with Crippen LogP contribution in [-0.2, 0) is 16.1 Å². The fourth-order valence-electron chi connectivity index (χ4n) is 3.17. The van der Waals surface area contributed by atoms with Crippen LogP contribution in [0.5, 0.6) is 0 Å². The van der Waals surface area contributed by atoms with E-state index >= 15 is 0 Å². The van der Waals surface area contributed by atoms with Crippen LogP contribution in [0.2, 0.25) is 0 Å². The van der Waals surface area contributed by atoms with Crippen LogP contribution in [0.4, 0.5) is 0 Å². The van der Waals surface area contributed by atoms with Crippen molar-refractivity contribution >= 4 is 11.9 Å². The first-order valence-electron chi connectivity index (χ1n) is 8.92. The van der Waals surface area contributed by atoms with Gasteiger partial charge in [0.15, 0.2) is 0 Å². The molecule has 1 saturated carbocycles. The van der Waals surface area contributed by atoms with Gasteiger partial charge in [0.25, 0.3) is 0 Å². The number of nitrogens with zero attached hydrogens (tertiary/aromatic N) is 2. The van der Waals surface area contributed by atoms with Crippen LogP contribution < -0.4 is 5.32 Å². The highest BCUT2D eigenvalue weighted by Crippen LogP contribution is 2.20. The summed E-state index contributed by atoms with van der Waals surface area (Å²) in [5, 5.41) is 3.07. The summed E-state index contributed by atoms with van der Waals surface area (Å²) < 4.78 is 10.4. The predicted molar refractivity (Wildman–Crippen MR) is 92.3 cm³/mol. The SMILES string of the molecule is COC(=O)c1oc(CN2CCN(C(C)C(=O)NC3CC3)CC2)cc1C. The minimum atomic E-state index is -0.441. The minimum absolute atomic E-state index is 0.0838. The normalized spacial score (nSPS) is 20.3. The molecule has 25 heavy (non-hydrogen) atoms. The van der Waals surface area contributed by atoms with E-state index in [9.17, 15) is 9.59 Å². The Morgan fingerprint density at radius 3 is 2.60 bits per heavy atom. The first-order valence-corrected chi connectivity index (χ1v) is 8.92. The monoisotopic (exact) mass is 349 g/mol. The average molecular weight is 349 g/mol. The maximum Gasteiger partial charge on any atom is 0.374 e. The van der Waals surface area contributed by atoms with Crippen LogP contribution in [-0.4, -0.2) is 67.0 Å². The highest BCUT2D eigenvalue weighted by molar-refractivity contribution is 5.87. The van der Waals surface area contributed by atoms with Crippen LogP contribution in [0, 0.1) is 6.92 Å². The molecule has 2 heterocycles. The summed E-state index contributed by atoms with van der Waals surface area (Å²) >= 11 is 0. The third-order valence-corrected chi connectivity index (χ3v) is 4.98. The minimum Gasteiger partial charge on any atom is -0.463 e. The number of furan rings is 1. The van der Waals surface area contributed by atoms with Crippen molar-refractivity contribution in [3.05, 3.63) is 23.2 Å². The second-order valence-electron chi connectivity index (χ2n) is 6.99. The van der Waals surface area contributed by atoms with E-state index in [4.69, 9.17) is 9.15 Å². The zero-order valence-electron chi connectivity index (χ0n) is 15.2. The number of esters is 1. The average Bonchev–Trinajstić information content (AvgIpc) is 3.35. The smallest absolute Gasteiger partial charge is 0.374 e. The van der Waals surface area contributed by atoms with Gasteiger partial charge in [-0.1, -0.05) is 0 Å². The Kier molecular flexibility index (Phi) is 5.44. The van der Waals surface area contributed by atoms with Crippen LogP contribution in [0.25, 0.3) is 0 Å². The van der Waals surface area contributed by atoms with Crippen molar-refractivity contribution in [2.75, 3.05) is 33.3 Å². The summed E-state index contributed by atoms with van der Waals surface area (Å²) in [5.41, 5.74) is 0.797. The number of hydrogen-bond donors (Lipinski definition) is 1. The Morgan fingerprint density at radius 1 is 1.32 bits per heavy atom. The van der Waals surface area contributed by atoms with E-state index in [-0.39, 0.29) is 17.7 Å². The second kappa shape index (κ2) is 7.58. The first-order chi connectivity index (χ1) is 12.0. The molecule has 1 aliphatic carbocycles. The zero-order valence-corrected chi connectivity index (χ0v) is 15.2. The number of methoxy groups -OCH3 is 1. The molecule has 1 N–H and O–H groups in total. The Labute approximate surface area is 148 Å². The van der Waals surface area contributed by atoms with E-state index < -0.39 is 5.97 Å². The molecule has 2 fully saturated rings. The van der Waals surface area contributed by atoms with Crippen LogP contribution >= 0.6 is 0 Å². The number of nitrogens with one attached hydrogen (secondary N) is 1. The lowest BCUT2D eigenvalue weighted by Crippen LogP contribution is -2.53. The topological polar surface area (TPSA) is 75.0 Å². The number of ether oxygens (including phenoxy) is 1. The van der Waals surface area contributed by atoms with E-state index in [2.05, 4.69) is 15.1 Å². The fraction of sp³-hybridized carbons (Fsp3) is 0.667. The van der Waals surface area contributed by atoms with Gasteiger partial charge in [-0.2, -0.15) is 0 Å². The van der Waals surface area contributed by atoms with E-state index in [1.54, 1.807) is 0 Å². The lowest BCUT2D eigenvalue weighted by molar-refractivity contribution is -0.126. The van der Waals surface area contributed by atoms with Crippen molar-refractivity contribution in [1.29, 1.82) is 0 Å². The molecule has 0 spiro atoms. The van der Waals surface area contributed by atoms with Crippen molar-refractivity contribution in [1.82, 2.24) is 15.1 Å². The highest BCUT2D eigenvalue weighted by Gasteiger charge is 2.30. The largest absolute Gasteiger partial charge is 0.463 e. The Balaban J connectivity index is 1.49. The first kappa shape index (κ1) is 17.9. The molecule has 1 atom stereocenters. The third-order valence-electron chi connectivity index (χ3n) is 4.98. The number of rotatable bonds is 6. The van der Waals surface area contributed by atoms with Gasteiger partial charge < -0.3 is 14.5 Å². The summed E-state index contributed by atoms with van der Waals surface area (Å²) in [5.74, 6) is 0.747. The van der Waals surface area contributed by atoms with Gasteiger partial charge in [0, 0.05) is 37.8 Å². The van der Waals surface area contributed by atoms with Gasteiger partial charge in [0.2, 0.25) is 11.7 Å². The molecule has 0 radical (unpaired) electrons. The second-order valence-corrected chi connectivity index (χ2v) is 6.99. The molecule has 1 saturated heterocycles. The molecular formula is C18H27N3O4. The molecule has 1 aromatic heterocycles. The molecule has 1 aromatic rings. The number of carbonyl (C=O) groups excluding carboxylic acids is 2. The number of hydrogen-bond acceptors (Lipinski definition) is 6. The molecule has 0 aromatic carbocycles. The molecule has 0 bridgehead atoms. The van der Waals surface area contributed by atoms with Crippen LogP contribution in [0.15, 0.2) is 10.5 Å². The molecule has 138 valence electrons. The summed E-state index contributed by atoms with van der Waals surface area (Å²) in [7, 11) is 1.35. The van der Waals surface area contributed by atoms with Crippen LogP contribution in [0.1, 0.15) is 41.6 Å². The van der Waals surface area contributed by atoms with Crippen molar-refractivity contribution in [3.8, 4) is 0 Å². The van der Waals surface area contributed by atoms with E-state index in [1.165, 1.54) is 7.11 Å². The van der Waals surface area contributed by atoms with Gasteiger partial charge in [-0.05, 0) is 32.8 Å². The van der Waals surface area contributed by atoms with Crippen molar-refractivity contribution in [2.45, 2.75) is 45.3 Å². The van der Waals surface area contributed by atoms with Crippen molar-refractivity contribution < 1.29 is 18.7 Å². The summed E-state index contributed by atoms with van der Waals surface area (Å²) in [6, 6.07) is 2.21. The van der Waals surface area contributed by atoms with Gasteiger partial charge in [-0.25, -0.2) is 4.79 Å². The Morgan fingerprint density at radius 2 is 2.00 bits per heavy atom. The lowest BCUT2D eigenvalue weighted by atomic mass is 10.2. The van der Waals surface area contributed by atoms with E-state index in [0.29, 0.717) is 12.6 Å². The quantitative estimate of drug-likeness (QED) is 0.777. The maximum absolute atomic E-state index is 12.2. The van der Waals surface area contributed by atoms with Gasteiger partial charge in [-0.15, -0.1) is 0 Å². The van der Waals surface area contributed by atoms with Crippen molar-refractivity contribution in [3.63, 3.8) is 0 Å². The maximum atomic E-state index is 12.2. The molecule has 2 aliphatic rings. The van der Waals surface area contributed by atoms with Gasteiger partial charge in [0.1, 0.15) is 5.76 Å². The van der Waals surface area contributed by atoms with Crippen LogP contribution in [0.3, 0.4) is 0 Å². The van der Waals surface area contributed by atoms with Gasteiger partial charge >= 0.3 is 5.97 Å². The summed E-state index contributed by atoms with van der Waals surface area (Å²) in [4.78, 5) is 28.3. The molecule has 1 unspecified atom stereocenters. The highest BCUT2D eigenvalue weighted by atomic mass is 16.5. The molecule has 1 amide bonds. The number of carbonyl (C=O) groups is 2. The summed E-state index contributed by atoms with van der Waals surface area (Å²) in [6.07, 6.45) is 2.23. The number of amides is 1. The molecule has 3 rings (SSSR count). The standard InChI is InChI=1S/C18H27N3O4/c1-12-10-15(25-16(12)18(23)24-3)11-20-6-8-21(9-7-20)13(2)17(22)19-14-4-5-14/h10,13-14H,4-9,11H2,1-3H3,(H,19,22). The Hall–Kier alpha value is -1.86. The lowest BCUT2D eigenvalue weighted by Gasteiger charge is -2.37. The van der Waals surface area contributed by atoms with Crippen molar-refractivity contribution in [2.24, 2.45) is 0 Å². The van der Waals surface area contributed by atoms with Gasteiger partial charge in [0.05, 0.1) is 19.7 Å². The molecule has 7 nitrogen and oxygen atoms in total. The third kappa shape index (κ3) is 4.41. The predicted octanol–water partition coefficient (Wildman–Crippen LogP) is 1.16. The summed E-state index contributed by atoms with van der Waals surface area (Å²) in [6.45, 7) is 7.92. The van der Waals surface area contributed by atoms with Gasteiger partial charge in [-0.3, -0.25) is 14.6 Å².